The number of nitrogens with zero attached hydrogens (tertiary/aromatic N) is 1. The first kappa shape index (κ1) is 21.5. The molecular weight excluding hydrogens is 361 g/mol. The summed E-state index contributed by atoms with van der Waals surface area (Å²) >= 11 is 0. The van der Waals surface area contributed by atoms with Crippen molar-refractivity contribution in [3.05, 3.63) is 23.8 Å². The van der Waals surface area contributed by atoms with Crippen LogP contribution in [0.3, 0.4) is 0 Å². The molecule has 1 aromatic carbocycles. The Balaban J connectivity index is 2.15. The van der Waals surface area contributed by atoms with Gasteiger partial charge in [-0.3, -0.25) is 4.79 Å². The summed E-state index contributed by atoms with van der Waals surface area (Å²) in [6, 6.07) is 2.10. The van der Waals surface area contributed by atoms with Crippen LogP contribution in [0.25, 0.3) is 0 Å². The van der Waals surface area contributed by atoms with Crippen molar-refractivity contribution in [3.8, 4) is 5.75 Å². The Hall–Kier alpha value is -1.80. The maximum Gasteiger partial charge on any atom is 0.416 e. The minimum atomic E-state index is -4.55. The maximum absolute atomic E-state index is 13.0. The highest BCUT2D eigenvalue weighted by Gasteiger charge is 2.34. The number of halogens is 3. The number of methoxy groups -OCH3 is 1. The number of hydrogen-bond donors (Lipinski definition) is 2. The van der Waals surface area contributed by atoms with Gasteiger partial charge in [-0.25, -0.2) is 0 Å². The SMILES string of the molecule is COc1ccc(C(F)(F)F)cc1N(C)C(=O)C(O)[C@H](N)CC1CCCCC1. The number of nitrogens with two attached hydrogens (primary N) is 1. The van der Waals surface area contributed by atoms with E-state index in [2.05, 4.69) is 0 Å². The number of ether oxygens (including phenoxy) is 1. The third-order valence-corrected chi connectivity index (χ3v) is 5.19. The highest BCUT2D eigenvalue weighted by atomic mass is 19.4. The third kappa shape index (κ3) is 5.35. The molecule has 152 valence electrons. The summed E-state index contributed by atoms with van der Waals surface area (Å²) in [6.07, 6.45) is -0.0769. The Morgan fingerprint density at radius 1 is 1.33 bits per heavy atom. The van der Waals surface area contributed by atoms with Gasteiger partial charge in [0.25, 0.3) is 5.91 Å². The molecule has 0 radical (unpaired) electrons. The Labute approximate surface area is 157 Å². The van der Waals surface area contributed by atoms with Gasteiger partial charge in [0.2, 0.25) is 0 Å². The van der Waals surface area contributed by atoms with Gasteiger partial charge in [-0.2, -0.15) is 13.2 Å². The van der Waals surface area contributed by atoms with E-state index in [0.717, 1.165) is 48.8 Å². The number of aliphatic hydroxyl groups excluding tert-OH is 1. The Kier molecular flexibility index (Phi) is 7.11. The standard InChI is InChI=1S/C19H27F3N2O3/c1-24(15-11-13(19(20,21)22)8-9-16(15)27-2)18(26)17(25)14(23)10-12-6-4-3-5-7-12/h8-9,11-12,14,17,25H,3-7,10,23H2,1-2H3/t14-,17?/m1/s1. The zero-order chi connectivity index (χ0) is 20.2. The van der Waals surface area contributed by atoms with Crippen molar-refractivity contribution in [3.63, 3.8) is 0 Å². The molecule has 0 aromatic heterocycles. The molecule has 1 aromatic rings. The number of alkyl halides is 3. The number of rotatable bonds is 6. The molecule has 2 rings (SSSR count). The average Bonchev–Trinajstić information content (AvgIpc) is 2.65. The summed E-state index contributed by atoms with van der Waals surface area (Å²) in [7, 11) is 2.60. The van der Waals surface area contributed by atoms with Crippen LogP contribution in [0.2, 0.25) is 0 Å². The fraction of sp³-hybridized carbons (Fsp3) is 0.632. The van der Waals surface area contributed by atoms with E-state index >= 15 is 0 Å². The van der Waals surface area contributed by atoms with Crippen LogP contribution in [0.5, 0.6) is 5.75 Å². The molecule has 0 saturated heterocycles. The lowest BCUT2D eigenvalue weighted by molar-refractivity contribution is -0.137. The minimum absolute atomic E-state index is 0.0683. The second kappa shape index (κ2) is 8.93. The summed E-state index contributed by atoms with van der Waals surface area (Å²) in [4.78, 5) is 13.6. The van der Waals surface area contributed by atoms with Crippen LogP contribution < -0.4 is 15.4 Å². The Morgan fingerprint density at radius 2 is 1.96 bits per heavy atom. The van der Waals surface area contributed by atoms with Crippen molar-refractivity contribution < 1.29 is 27.8 Å². The van der Waals surface area contributed by atoms with Crippen LogP contribution in [-0.4, -0.2) is 37.3 Å². The van der Waals surface area contributed by atoms with Gasteiger partial charge in [-0.05, 0) is 30.5 Å². The zero-order valence-corrected chi connectivity index (χ0v) is 15.6. The van der Waals surface area contributed by atoms with E-state index in [0.29, 0.717) is 12.3 Å². The molecule has 0 aliphatic heterocycles. The van der Waals surface area contributed by atoms with Gasteiger partial charge in [0.05, 0.1) is 18.4 Å². The number of hydrogen-bond acceptors (Lipinski definition) is 4. The topological polar surface area (TPSA) is 75.8 Å². The van der Waals surface area contributed by atoms with E-state index in [1.165, 1.54) is 20.6 Å². The molecule has 0 spiro atoms. The fourth-order valence-electron chi connectivity index (χ4n) is 3.57. The molecule has 5 nitrogen and oxygen atoms in total. The smallest absolute Gasteiger partial charge is 0.416 e. The summed E-state index contributed by atoms with van der Waals surface area (Å²) in [6.45, 7) is 0. The van der Waals surface area contributed by atoms with Crippen LogP contribution >= 0.6 is 0 Å². The molecule has 1 aliphatic carbocycles. The first-order valence-corrected chi connectivity index (χ1v) is 9.11. The summed E-state index contributed by atoms with van der Waals surface area (Å²) in [5.74, 6) is -0.285. The lowest BCUT2D eigenvalue weighted by atomic mass is 9.84. The molecule has 27 heavy (non-hydrogen) atoms. The van der Waals surface area contributed by atoms with E-state index < -0.39 is 29.8 Å². The van der Waals surface area contributed by atoms with Gasteiger partial charge < -0.3 is 20.5 Å². The lowest BCUT2D eigenvalue weighted by Crippen LogP contribution is -2.48. The first-order valence-electron chi connectivity index (χ1n) is 9.11. The lowest BCUT2D eigenvalue weighted by Gasteiger charge is -2.29. The Morgan fingerprint density at radius 3 is 2.52 bits per heavy atom. The molecule has 1 fully saturated rings. The summed E-state index contributed by atoms with van der Waals surface area (Å²) in [5, 5.41) is 10.4. The number of likely N-dealkylation sites (N-methyl/N-ethyl adjacent to an activating group) is 1. The molecule has 1 amide bonds. The Bertz CT molecular complexity index is 646. The summed E-state index contributed by atoms with van der Waals surface area (Å²) in [5.41, 5.74) is 5.05. The molecule has 3 N–H and O–H groups in total. The van der Waals surface area contributed by atoms with Crippen LogP contribution in [0, 0.1) is 5.92 Å². The van der Waals surface area contributed by atoms with Crippen molar-refractivity contribution in [2.45, 2.75) is 56.8 Å². The normalized spacial score (nSPS) is 18.0. The van der Waals surface area contributed by atoms with Gasteiger partial charge in [0.1, 0.15) is 11.9 Å². The largest absolute Gasteiger partial charge is 0.495 e. The number of amides is 1. The minimum Gasteiger partial charge on any atom is -0.495 e. The van der Waals surface area contributed by atoms with Crippen molar-refractivity contribution in [1.29, 1.82) is 0 Å². The average molecular weight is 388 g/mol. The van der Waals surface area contributed by atoms with Crippen molar-refractivity contribution >= 4 is 11.6 Å². The van der Waals surface area contributed by atoms with Crippen molar-refractivity contribution in [2.75, 3.05) is 19.1 Å². The van der Waals surface area contributed by atoms with Gasteiger partial charge in [-0.15, -0.1) is 0 Å². The monoisotopic (exact) mass is 388 g/mol. The second-order valence-electron chi connectivity index (χ2n) is 7.13. The maximum atomic E-state index is 13.0. The molecule has 0 heterocycles. The zero-order valence-electron chi connectivity index (χ0n) is 15.6. The number of benzene rings is 1. The van der Waals surface area contributed by atoms with Crippen LogP contribution in [0.4, 0.5) is 18.9 Å². The molecule has 2 atom stereocenters. The molecule has 1 aliphatic rings. The number of carbonyl (C=O) groups excluding carboxylic acids is 1. The predicted molar refractivity (Wildman–Crippen MR) is 96.6 cm³/mol. The molecule has 1 unspecified atom stereocenters. The highest BCUT2D eigenvalue weighted by Crippen LogP contribution is 2.36. The van der Waals surface area contributed by atoms with Crippen molar-refractivity contribution in [2.24, 2.45) is 11.7 Å². The summed E-state index contributed by atoms with van der Waals surface area (Å²) < 4.78 is 44.1. The molecule has 8 heteroatoms. The first-order chi connectivity index (χ1) is 12.6. The predicted octanol–water partition coefficient (Wildman–Crippen LogP) is 3.34. The molecular formula is C19H27F3N2O3. The van der Waals surface area contributed by atoms with Crippen LogP contribution in [-0.2, 0) is 11.0 Å². The van der Waals surface area contributed by atoms with Crippen LogP contribution in [0.15, 0.2) is 18.2 Å². The van der Waals surface area contributed by atoms with E-state index in [1.54, 1.807) is 0 Å². The quantitative estimate of drug-likeness (QED) is 0.784. The van der Waals surface area contributed by atoms with Crippen molar-refractivity contribution in [1.82, 2.24) is 0 Å². The van der Waals surface area contributed by atoms with Gasteiger partial charge >= 0.3 is 6.18 Å². The number of carbonyl (C=O) groups is 1. The number of aliphatic hydroxyl groups is 1. The highest BCUT2D eigenvalue weighted by molar-refractivity contribution is 5.97. The van der Waals surface area contributed by atoms with E-state index in [9.17, 15) is 23.1 Å². The third-order valence-electron chi connectivity index (χ3n) is 5.19. The van der Waals surface area contributed by atoms with Gasteiger partial charge in [0, 0.05) is 13.1 Å². The van der Waals surface area contributed by atoms with E-state index in [4.69, 9.17) is 10.5 Å². The number of anilines is 1. The second-order valence-corrected chi connectivity index (χ2v) is 7.13. The molecule has 0 bridgehead atoms. The fourth-order valence-corrected chi connectivity index (χ4v) is 3.57. The van der Waals surface area contributed by atoms with E-state index in [-0.39, 0.29) is 11.4 Å². The van der Waals surface area contributed by atoms with E-state index in [1.807, 2.05) is 0 Å². The van der Waals surface area contributed by atoms with Crippen LogP contribution in [0.1, 0.15) is 44.1 Å². The van der Waals surface area contributed by atoms with Gasteiger partial charge in [-0.1, -0.05) is 32.1 Å². The van der Waals surface area contributed by atoms with Gasteiger partial charge in [0.15, 0.2) is 0 Å². The molecule has 1 saturated carbocycles.